The molecule has 0 aliphatic heterocycles. The van der Waals surface area contributed by atoms with Crippen LogP contribution in [-0.2, 0) is 17.6 Å². The Bertz CT molecular complexity index is 789. The lowest BCUT2D eigenvalue weighted by molar-refractivity contribution is -0.120. The van der Waals surface area contributed by atoms with Crippen LogP contribution >= 0.6 is 22.7 Å². The minimum atomic E-state index is 0.0569. The minimum absolute atomic E-state index is 0.0569. The van der Waals surface area contributed by atoms with E-state index in [0.717, 1.165) is 33.5 Å². The van der Waals surface area contributed by atoms with Crippen LogP contribution in [0.15, 0.2) is 29.0 Å². The summed E-state index contributed by atoms with van der Waals surface area (Å²) in [6.07, 6.45) is 1.18. The maximum atomic E-state index is 11.8. The number of amides is 1. The van der Waals surface area contributed by atoms with Gasteiger partial charge in [-0.25, -0.2) is 9.67 Å². The van der Waals surface area contributed by atoms with Crippen LogP contribution < -0.4 is 5.32 Å². The molecule has 0 saturated carbocycles. The van der Waals surface area contributed by atoms with Crippen molar-refractivity contribution in [3.8, 4) is 5.13 Å². The summed E-state index contributed by atoms with van der Waals surface area (Å²) in [5.74, 6) is 0.0569. The number of nitrogens with zero attached hydrogens (tertiary/aromatic N) is 3. The molecular formula is C16H18N4OS2. The first-order valence-electron chi connectivity index (χ1n) is 7.39. The van der Waals surface area contributed by atoms with E-state index in [1.165, 1.54) is 0 Å². The number of hydrogen-bond acceptors (Lipinski definition) is 5. The average molecular weight is 346 g/mol. The highest BCUT2D eigenvalue weighted by molar-refractivity contribution is 7.12. The Morgan fingerprint density at radius 1 is 1.35 bits per heavy atom. The van der Waals surface area contributed by atoms with Gasteiger partial charge in [0.15, 0.2) is 0 Å². The number of carbonyl (C=O) groups is 1. The molecular weight excluding hydrogens is 328 g/mol. The molecule has 1 N–H and O–H groups in total. The Morgan fingerprint density at radius 3 is 2.91 bits per heavy atom. The van der Waals surface area contributed by atoms with Crippen molar-refractivity contribution in [2.24, 2.45) is 0 Å². The van der Waals surface area contributed by atoms with E-state index in [4.69, 9.17) is 0 Å². The first-order valence-corrected chi connectivity index (χ1v) is 9.15. The zero-order valence-corrected chi connectivity index (χ0v) is 14.7. The van der Waals surface area contributed by atoms with Crippen molar-refractivity contribution in [1.29, 1.82) is 0 Å². The van der Waals surface area contributed by atoms with Crippen LogP contribution in [0.25, 0.3) is 5.13 Å². The Kier molecular flexibility index (Phi) is 4.88. The molecule has 3 heterocycles. The summed E-state index contributed by atoms with van der Waals surface area (Å²) >= 11 is 3.18. The zero-order valence-electron chi connectivity index (χ0n) is 13.1. The van der Waals surface area contributed by atoms with Gasteiger partial charge in [0.05, 0.1) is 17.8 Å². The van der Waals surface area contributed by atoms with Gasteiger partial charge in [0.25, 0.3) is 0 Å². The molecule has 0 aliphatic carbocycles. The lowest BCUT2D eigenvalue weighted by atomic mass is 10.3. The fraction of sp³-hybridized carbons (Fsp3) is 0.312. The highest BCUT2D eigenvalue weighted by Crippen LogP contribution is 2.17. The molecule has 120 valence electrons. The Balaban J connectivity index is 1.51. The van der Waals surface area contributed by atoms with E-state index in [1.807, 2.05) is 47.5 Å². The summed E-state index contributed by atoms with van der Waals surface area (Å²) in [7, 11) is 0. The summed E-state index contributed by atoms with van der Waals surface area (Å²) in [5, 5.41) is 12.3. The Hall–Kier alpha value is -1.99. The van der Waals surface area contributed by atoms with Gasteiger partial charge >= 0.3 is 0 Å². The largest absolute Gasteiger partial charge is 0.355 e. The zero-order chi connectivity index (χ0) is 16.2. The van der Waals surface area contributed by atoms with Crippen molar-refractivity contribution in [3.63, 3.8) is 0 Å². The first kappa shape index (κ1) is 15.9. The van der Waals surface area contributed by atoms with E-state index in [2.05, 4.69) is 15.4 Å². The van der Waals surface area contributed by atoms with Gasteiger partial charge in [-0.05, 0) is 31.4 Å². The lowest BCUT2D eigenvalue weighted by Crippen LogP contribution is -2.27. The minimum Gasteiger partial charge on any atom is -0.355 e. The van der Waals surface area contributed by atoms with Crippen molar-refractivity contribution in [1.82, 2.24) is 20.1 Å². The molecule has 0 bridgehead atoms. The number of thiophene rings is 1. The molecule has 3 rings (SSSR count). The third-order valence-corrected chi connectivity index (χ3v) is 5.09. The van der Waals surface area contributed by atoms with Crippen molar-refractivity contribution in [3.05, 3.63) is 50.9 Å². The Labute approximate surface area is 143 Å². The van der Waals surface area contributed by atoms with E-state index < -0.39 is 0 Å². The molecule has 7 heteroatoms. The van der Waals surface area contributed by atoms with Crippen LogP contribution in [0.4, 0.5) is 0 Å². The van der Waals surface area contributed by atoms with Gasteiger partial charge in [-0.2, -0.15) is 5.10 Å². The second-order valence-corrected chi connectivity index (χ2v) is 7.19. The van der Waals surface area contributed by atoms with Crippen molar-refractivity contribution < 1.29 is 4.79 Å². The number of carbonyl (C=O) groups excluding carboxylic acids is 1. The van der Waals surface area contributed by atoms with E-state index in [0.29, 0.717) is 13.0 Å². The summed E-state index contributed by atoms with van der Waals surface area (Å²) in [4.78, 5) is 17.5. The number of thiazole rings is 1. The number of aryl methyl sites for hydroxylation is 2. The Morgan fingerprint density at radius 2 is 2.22 bits per heavy atom. The highest BCUT2D eigenvalue weighted by Gasteiger charge is 2.09. The smallest absolute Gasteiger partial charge is 0.225 e. The molecule has 1 amide bonds. The summed E-state index contributed by atoms with van der Waals surface area (Å²) in [5.41, 5.74) is 3.04. The predicted octanol–water partition coefficient (Wildman–Crippen LogP) is 2.91. The average Bonchev–Trinajstić information content (AvgIpc) is 3.21. The van der Waals surface area contributed by atoms with Crippen LogP contribution in [0.3, 0.4) is 0 Å². The molecule has 0 radical (unpaired) electrons. The summed E-state index contributed by atoms with van der Waals surface area (Å²) in [6.45, 7) is 4.59. The molecule has 0 aliphatic rings. The number of hydrogen-bond donors (Lipinski definition) is 1. The quantitative estimate of drug-likeness (QED) is 0.746. The van der Waals surface area contributed by atoms with Gasteiger partial charge in [-0.15, -0.1) is 22.7 Å². The van der Waals surface area contributed by atoms with Crippen molar-refractivity contribution in [2.45, 2.75) is 26.7 Å². The van der Waals surface area contributed by atoms with E-state index in [-0.39, 0.29) is 5.91 Å². The fourth-order valence-corrected chi connectivity index (χ4v) is 3.86. The third kappa shape index (κ3) is 4.05. The molecule has 5 nitrogen and oxygen atoms in total. The molecule has 23 heavy (non-hydrogen) atoms. The first-order chi connectivity index (χ1) is 11.1. The normalized spacial score (nSPS) is 10.9. The van der Waals surface area contributed by atoms with Crippen LogP contribution in [0.5, 0.6) is 0 Å². The monoisotopic (exact) mass is 346 g/mol. The van der Waals surface area contributed by atoms with Gasteiger partial charge in [0, 0.05) is 28.9 Å². The fourth-order valence-electron chi connectivity index (χ4n) is 2.29. The predicted molar refractivity (Wildman–Crippen MR) is 93.4 cm³/mol. The molecule has 0 fully saturated rings. The second kappa shape index (κ2) is 7.06. The molecule has 0 saturated heterocycles. The second-order valence-electron chi connectivity index (χ2n) is 5.32. The van der Waals surface area contributed by atoms with E-state index >= 15 is 0 Å². The number of rotatable bonds is 6. The van der Waals surface area contributed by atoms with Crippen LogP contribution in [0.1, 0.15) is 22.0 Å². The molecule has 3 aromatic rings. The molecule has 0 spiro atoms. The molecule has 3 aromatic heterocycles. The van der Waals surface area contributed by atoms with Crippen molar-refractivity contribution in [2.75, 3.05) is 6.54 Å². The van der Waals surface area contributed by atoms with Gasteiger partial charge in [-0.1, -0.05) is 6.07 Å². The van der Waals surface area contributed by atoms with E-state index in [9.17, 15) is 4.79 Å². The van der Waals surface area contributed by atoms with Gasteiger partial charge in [0.1, 0.15) is 0 Å². The van der Waals surface area contributed by atoms with Gasteiger partial charge < -0.3 is 5.32 Å². The topological polar surface area (TPSA) is 59.8 Å². The standard InChI is InChI=1S/C16H18N4OS2/c1-11-8-12(2)20(19-11)16-18-13(10-23-16)5-6-17-15(21)9-14-4-3-7-22-14/h3-4,7-8,10H,5-6,9H2,1-2H3,(H,17,21). The van der Waals surface area contributed by atoms with Crippen LogP contribution in [-0.4, -0.2) is 27.2 Å². The highest BCUT2D eigenvalue weighted by atomic mass is 32.1. The van der Waals surface area contributed by atoms with Gasteiger partial charge in [0.2, 0.25) is 11.0 Å². The van der Waals surface area contributed by atoms with E-state index in [1.54, 1.807) is 22.7 Å². The summed E-state index contributed by atoms with van der Waals surface area (Å²) < 4.78 is 1.86. The number of aromatic nitrogens is 3. The third-order valence-electron chi connectivity index (χ3n) is 3.35. The molecule has 0 atom stereocenters. The van der Waals surface area contributed by atoms with Crippen molar-refractivity contribution >= 4 is 28.6 Å². The molecule has 0 aromatic carbocycles. The lowest BCUT2D eigenvalue weighted by Gasteiger charge is -2.02. The van der Waals surface area contributed by atoms with Crippen LogP contribution in [0.2, 0.25) is 0 Å². The maximum absolute atomic E-state index is 11.8. The molecule has 0 unspecified atom stereocenters. The SMILES string of the molecule is Cc1cc(C)n(-c2nc(CCNC(=O)Cc3cccs3)cs2)n1. The number of nitrogens with one attached hydrogen (secondary N) is 1. The van der Waals surface area contributed by atoms with Crippen LogP contribution in [0, 0.1) is 13.8 Å². The van der Waals surface area contributed by atoms with Gasteiger partial charge in [-0.3, -0.25) is 4.79 Å². The maximum Gasteiger partial charge on any atom is 0.225 e. The summed E-state index contributed by atoms with van der Waals surface area (Å²) in [6, 6.07) is 5.97.